The fourth-order valence-corrected chi connectivity index (χ4v) is 4.02. The molecule has 0 amide bonds. The van der Waals surface area contributed by atoms with E-state index in [4.69, 9.17) is 19.9 Å². The monoisotopic (exact) mass is 297 g/mol. The van der Waals surface area contributed by atoms with Gasteiger partial charge >= 0.3 is 5.97 Å². The second-order valence-electron chi connectivity index (χ2n) is 5.48. The quantitative estimate of drug-likeness (QED) is 0.847. The Morgan fingerprint density at radius 2 is 2.10 bits per heavy atom. The van der Waals surface area contributed by atoms with Crippen molar-refractivity contribution >= 4 is 22.3 Å². The van der Waals surface area contributed by atoms with Crippen LogP contribution in [0.5, 0.6) is 0 Å². The van der Waals surface area contributed by atoms with Gasteiger partial charge in [0.05, 0.1) is 24.9 Å². The van der Waals surface area contributed by atoms with Gasteiger partial charge in [-0.1, -0.05) is 0 Å². The maximum absolute atomic E-state index is 12.2. The smallest absolute Gasteiger partial charge is 0.341 e. The fourth-order valence-electron chi connectivity index (χ4n) is 2.83. The van der Waals surface area contributed by atoms with E-state index in [2.05, 4.69) is 0 Å². The molecular formula is C14H19NO4S. The maximum Gasteiger partial charge on any atom is 0.341 e. The number of nitrogen functional groups attached to an aromatic ring is 1. The molecule has 2 N–H and O–H groups in total. The molecule has 1 fully saturated rings. The molecule has 2 heterocycles. The molecule has 1 aliphatic heterocycles. The number of thiophene rings is 1. The van der Waals surface area contributed by atoms with Crippen molar-refractivity contribution in [2.24, 2.45) is 0 Å². The minimum Gasteiger partial charge on any atom is -0.459 e. The lowest BCUT2D eigenvalue weighted by atomic mass is 9.91. The van der Waals surface area contributed by atoms with Gasteiger partial charge in [-0.2, -0.15) is 0 Å². The van der Waals surface area contributed by atoms with Crippen LogP contribution in [-0.4, -0.2) is 31.1 Å². The highest BCUT2D eigenvalue weighted by atomic mass is 32.1. The highest BCUT2D eigenvalue weighted by molar-refractivity contribution is 7.16. The van der Waals surface area contributed by atoms with Gasteiger partial charge in [0, 0.05) is 17.7 Å². The highest BCUT2D eigenvalue weighted by Crippen LogP contribution is 2.42. The lowest BCUT2D eigenvalue weighted by Gasteiger charge is -2.31. The van der Waals surface area contributed by atoms with Gasteiger partial charge < -0.3 is 19.9 Å². The number of nitrogens with two attached hydrogens (primary N) is 1. The molecule has 1 aromatic rings. The molecule has 0 saturated carbocycles. The largest absolute Gasteiger partial charge is 0.459 e. The summed E-state index contributed by atoms with van der Waals surface area (Å²) in [6.07, 6.45) is 2.03. The van der Waals surface area contributed by atoms with Crippen LogP contribution in [0.25, 0.3) is 0 Å². The summed E-state index contributed by atoms with van der Waals surface area (Å²) in [6, 6.07) is 0. The summed E-state index contributed by atoms with van der Waals surface area (Å²) in [6.45, 7) is 4.95. The Hall–Kier alpha value is -1.11. The number of esters is 1. The number of hydrogen-bond acceptors (Lipinski definition) is 6. The first kappa shape index (κ1) is 13.9. The topological polar surface area (TPSA) is 70.8 Å². The van der Waals surface area contributed by atoms with Gasteiger partial charge in [0.25, 0.3) is 0 Å². The molecule has 0 bridgehead atoms. The van der Waals surface area contributed by atoms with Crippen molar-refractivity contribution in [1.29, 1.82) is 0 Å². The third-order valence-electron chi connectivity index (χ3n) is 3.66. The molecule has 2 aliphatic rings. The first-order valence-corrected chi connectivity index (χ1v) is 7.71. The van der Waals surface area contributed by atoms with Gasteiger partial charge in [-0.25, -0.2) is 4.79 Å². The Bertz CT molecular complexity index is 532. The molecule has 1 aromatic heterocycles. The summed E-state index contributed by atoms with van der Waals surface area (Å²) >= 11 is 1.45. The first-order valence-electron chi connectivity index (χ1n) is 6.90. The van der Waals surface area contributed by atoms with E-state index >= 15 is 0 Å². The Morgan fingerprint density at radius 1 is 1.40 bits per heavy atom. The lowest BCUT2D eigenvalue weighted by Crippen LogP contribution is -2.36. The number of anilines is 1. The number of fused-ring (bicyclic) bond motifs is 1. The summed E-state index contributed by atoms with van der Waals surface area (Å²) in [4.78, 5) is 13.3. The van der Waals surface area contributed by atoms with Gasteiger partial charge in [0.1, 0.15) is 5.00 Å². The number of hydrogen-bond donors (Lipinski definition) is 1. The molecule has 110 valence electrons. The number of rotatable bonds is 2. The van der Waals surface area contributed by atoms with Crippen LogP contribution in [0.1, 0.15) is 41.1 Å². The van der Waals surface area contributed by atoms with E-state index in [9.17, 15) is 4.79 Å². The molecule has 5 nitrogen and oxygen atoms in total. The van der Waals surface area contributed by atoms with Gasteiger partial charge in [-0.05, 0) is 25.8 Å². The Morgan fingerprint density at radius 3 is 2.75 bits per heavy atom. The third kappa shape index (κ3) is 2.32. The van der Waals surface area contributed by atoms with Crippen molar-refractivity contribution in [3.05, 3.63) is 16.0 Å². The first-order chi connectivity index (χ1) is 9.51. The lowest BCUT2D eigenvalue weighted by molar-refractivity contribution is -0.163. The molecular weight excluding hydrogens is 278 g/mol. The molecule has 1 aliphatic carbocycles. The second-order valence-corrected chi connectivity index (χ2v) is 6.62. The van der Waals surface area contributed by atoms with Gasteiger partial charge in [-0.15, -0.1) is 11.3 Å². The van der Waals surface area contributed by atoms with E-state index < -0.39 is 5.79 Å². The predicted octanol–water partition coefficient (Wildman–Crippen LogP) is 2.13. The summed E-state index contributed by atoms with van der Waals surface area (Å²) < 4.78 is 16.8. The molecule has 1 saturated heterocycles. The van der Waals surface area contributed by atoms with Crippen LogP contribution >= 0.6 is 11.3 Å². The van der Waals surface area contributed by atoms with E-state index in [0.29, 0.717) is 30.2 Å². The maximum atomic E-state index is 12.2. The summed E-state index contributed by atoms with van der Waals surface area (Å²) in [5.74, 6) is -0.817. The van der Waals surface area contributed by atoms with E-state index in [0.717, 1.165) is 23.3 Å². The van der Waals surface area contributed by atoms with E-state index in [1.54, 1.807) is 0 Å². The van der Waals surface area contributed by atoms with E-state index in [1.807, 2.05) is 13.8 Å². The van der Waals surface area contributed by atoms with Crippen LogP contribution in [0, 0.1) is 0 Å². The summed E-state index contributed by atoms with van der Waals surface area (Å²) in [5.41, 5.74) is 7.59. The molecule has 20 heavy (non-hydrogen) atoms. The van der Waals surface area contributed by atoms with Crippen molar-refractivity contribution in [2.45, 2.75) is 45.0 Å². The number of carbonyl (C=O) groups is 1. The minimum absolute atomic E-state index is 0.145. The molecule has 0 unspecified atom stereocenters. The zero-order valence-corrected chi connectivity index (χ0v) is 12.5. The van der Waals surface area contributed by atoms with Gasteiger partial charge in [0.15, 0.2) is 5.79 Å². The number of carbonyl (C=O) groups excluding carboxylic acids is 1. The van der Waals surface area contributed by atoms with Crippen molar-refractivity contribution < 1.29 is 19.0 Å². The minimum atomic E-state index is -0.497. The summed E-state index contributed by atoms with van der Waals surface area (Å²) in [5, 5.41) is 0.538. The van der Waals surface area contributed by atoms with Crippen LogP contribution in [-0.2, 0) is 27.1 Å². The Kier molecular flexibility index (Phi) is 3.48. The third-order valence-corrected chi connectivity index (χ3v) is 4.73. The second kappa shape index (κ2) is 5.02. The average molecular weight is 297 g/mol. The fraction of sp³-hybridized carbons (Fsp3) is 0.643. The number of ether oxygens (including phenoxy) is 3. The van der Waals surface area contributed by atoms with Gasteiger partial charge in [0.2, 0.25) is 0 Å². The zero-order valence-electron chi connectivity index (χ0n) is 11.7. The van der Waals surface area contributed by atoms with Crippen LogP contribution < -0.4 is 5.73 Å². The molecule has 0 aromatic carbocycles. The molecule has 0 radical (unpaired) electrons. The molecule has 1 spiro atoms. The standard InChI is InChI=1S/C14H19NO4S/c1-8(2)19-13(16)11-9-3-4-14(17-5-6-18-14)7-10(9)20-12(11)15/h8H,3-7,15H2,1-2H3. The Labute approximate surface area is 122 Å². The molecule has 6 heteroatoms. The van der Waals surface area contributed by atoms with Crippen LogP contribution in [0.2, 0.25) is 0 Å². The van der Waals surface area contributed by atoms with Crippen molar-refractivity contribution in [1.82, 2.24) is 0 Å². The van der Waals surface area contributed by atoms with Crippen molar-refractivity contribution in [3.8, 4) is 0 Å². The normalized spacial score (nSPS) is 20.4. The van der Waals surface area contributed by atoms with Gasteiger partial charge in [-0.3, -0.25) is 0 Å². The van der Waals surface area contributed by atoms with Crippen LogP contribution in [0.3, 0.4) is 0 Å². The van der Waals surface area contributed by atoms with Crippen molar-refractivity contribution in [2.75, 3.05) is 18.9 Å². The molecule has 3 rings (SSSR count). The van der Waals surface area contributed by atoms with E-state index in [1.165, 1.54) is 11.3 Å². The summed E-state index contributed by atoms with van der Waals surface area (Å²) in [7, 11) is 0. The van der Waals surface area contributed by atoms with E-state index in [-0.39, 0.29) is 12.1 Å². The average Bonchev–Trinajstić information content (AvgIpc) is 2.92. The predicted molar refractivity (Wildman–Crippen MR) is 75.9 cm³/mol. The van der Waals surface area contributed by atoms with Crippen molar-refractivity contribution in [3.63, 3.8) is 0 Å². The highest BCUT2D eigenvalue weighted by Gasteiger charge is 2.42. The SMILES string of the molecule is CC(C)OC(=O)c1c(N)sc2c1CCC1(C2)OCCO1. The van der Waals surface area contributed by atoms with Crippen LogP contribution in [0.4, 0.5) is 5.00 Å². The molecule has 0 atom stereocenters. The Balaban J connectivity index is 1.89. The zero-order chi connectivity index (χ0) is 14.3. The van der Waals surface area contributed by atoms with Crippen LogP contribution in [0.15, 0.2) is 0 Å².